The third-order valence-electron chi connectivity index (χ3n) is 7.45. The van der Waals surface area contributed by atoms with E-state index in [1.165, 1.54) is 0 Å². The number of hydrogen-bond donors (Lipinski definition) is 1. The Morgan fingerprint density at radius 2 is 1.05 bits per heavy atom. The van der Waals surface area contributed by atoms with Gasteiger partial charge in [0.05, 0.1) is 97.2 Å². The molecule has 0 aliphatic heterocycles. The van der Waals surface area contributed by atoms with E-state index in [4.69, 9.17) is 50.0 Å². The maximum atomic E-state index is 11.6. The first kappa shape index (κ1) is 51.1. The molecule has 21 heteroatoms. The van der Waals surface area contributed by atoms with Gasteiger partial charge in [0.15, 0.2) is 0 Å². The molecule has 0 saturated heterocycles. The zero-order valence-electron chi connectivity index (χ0n) is 34.5. The van der Waals surface area contributed by atoms with E-state index in [2.05, 4.69) is 40.7 Å². The highest BCUT2D eigenvalue weighted by Crippen LogP contribution is 2.09. The molecule has 0 fully saturated rings. The molecular weight excluding hydrogens is 742 g/mol. The summed E-state index contributed by atoms with van der Waals surface area (Å²) in [4.78, 5) is 17.0. The molecule has 2 aromatic rings. The average Bonchev–Trinajstić information content (AvgIpc) is 3.84. The van der Waals surface area contributed by atoms with Gasteiger partial charge in [0.25, 0.3) is 0 Å². The van der Waals surface area contributed by atoms with E-state index in [-0.39, 0.29) is 5.97 Å². The molecule has 0 bridgehead atoms. The van der Waals surface area contributed by atoms with Crippen molar-refractivity contribution < 1.29 is 38.0 Å². The molecule has 57 heavy (non-hydrogen) atoms. The fourth-order valence-corrected chi connectivity index (χ4v) is 4.74. The lowest BCUT2D eigenvalue weighted by atomic mass is 10.1. The Labute approximate surface area is 336 Å². The van der Waals surface area contributed by atoms with Crippen molar-refractivity contribution in [3.63, 3.8) is 0 Å². The van der Waals surface area contributed by atoms with E-state index < -0.39 is 5.60 Å². The number of nitrogens with zero attached hydrogens (tertiary/aromatic N) is 12. The number of hydrogen-bond acceptors (Lipinski definition) is 15. The standard InChI is InChI=1S/C21H38N6O5.C15H29N7O3/c1-21(2,3)32-20(28)9-7-12-29-14-16-31-17-15-30-13-11-27-18-19(24-26-27)8-5-4-6-10-23-25-22;16-5-8-23-10-12-25-13-11-24-9-7-22-14-15(19-21-22)4-2-1-3-6-18-20-17/h18H,4-17H2,1-3H3;14H,1-13,16H2. The molecule has 0 aliphatic rings. The number of aromatic nitrogens is 6. The first-order valence-electron chi connectivity index (χ1n) is 20.0. The topological polar surface area (TPSA) is 267 Å². The van der Waals surface area contributed by atoms with Crippen LogP contribution in [0, 0.1) is 0 Å². The summed E-state index contributed by atoms with van der Waals surface area (Å²) in [6.45, 7) is 14.9. The van der Waals surface area contributed by atoms with Gasteiger partial charge in [-0.05, 0) is 76.8 Å². The van der Waals surface area contributed by atoms with Crippen molar-refractivity contribution in [2.75, 3.05) is 98.9 Å². The molecular formula is C36H67N13O8. The molecule has 0 atom stereocenters. The second-order valence-electron chi connectivity index (χ2n) is 13.6. The van der Waals surface area contributed by atoms with Gasteiger partial charge in [0.1, 0.15) is 5.60 Å². The van der Waals surface area contributed by atoms with Gasteiger partial charge in [-0.3, -0.25) is 4.79 Å². The Morgan fingerprint density at radius 3 is 1.47 bits per heavy atom. The molecule has 2 aromatic heterocycles. The average molecular weight is 810 g/mol. The molecule has 21 nitrogen and oxygen atoms in total. The van der Waals surface area contributed by atoms with Crippen molar-refractivity contribution in [3.8, 4) is 0 Å². The van der Waals surface area contributed by atoms with E-state index in [0.717, 1.165) is 62.8 Å². The Bertz CT molecular complexity index is 1350. The number of aryl methyl sites for hydroxylation is 2. The molecule has 0 amide bonds. The van der Waals surface area contributed by atoms with Crippen molar-refractivity contribution >= 4 is 5.97 Å². The number of carbonyl (C=O) groups excluding carboxylic acids is 1. The summed E-state index contributed by atoms with van der Waals surface area (Å²) in [5.74, 6) is -0.199. The van der Waals surface area contributed by atoms with Crippen LogP contribution in [0.1, 0.15) is 83.5 Å². The van der Waals surface area contributed by atoms with Crippen molar-refractivity contribution in [3.05, 3.63) is 44.7 Å². The minimum atomic E-state index is -0.442. The molecule has 0 unspecified atom stereocenters. The highest BCUT2D eigenvalue weighted by atomic mass is 16.6. The monoisotopic (exact) mass is 810 g/mol. The van der Waals surface area contributed by atoms with E-state index in [1.54, 1.807) is 9.36 Å². The van der Waals surface area contributed by atoms with Crippen LogP contribution in [0.25, 0.3) is 20.9 Å². The number of unbranched alkanes of at least 4 members (excludes halogenated alkanes) is 4. The van der Waals surface area contributed by atoms with E-state index in [0.29, 0.717) is 125 Å². The van der Waals surface area contributed by atoms with Crippen LogP contribution in [0.15, 0.2) is 22.6 Å². The smallest absolute Gasteiger partial charge is 0.306 e. The fourth-order valence-electron chi connectivity index (χ4n) is 4.74. The summed E-state index contributed by atoms with van der Waals surface area (Å²) in [6.07, 6.45) is 12.5. The number of azide groups is 2. The fraction of sp³-hybridized carbons (Fsp3) is 0.861. The largest absolute Gasteiger partial charge is 0.460 e. The van der Waals surface area contributed by atoms with E-state index >= 15 is 0 Å². The SMILES string of the molecule is CC(C)(C)OC(=O)CCCOCCOCCOCCn1cc(CCCCCN=[N+]=[N-])nn1.[N-]=[N+]=NCCCCCc1cn(CCOCCOCCOCCN)nn1. The Hall–Kier alpha value is -3.91. The molecule has 0 spiro atoms. The van der Waals surface area contributed by atoms with Crippen LogP contribution in [0.2, 0.25) is 0 Å². The summed E-state index contributed by atoms with van der Waals surface area (Å²) in [5.41, 5.74) is 23.2. The van der Waals surface area contributed by atoms with Gasteiger partial charge in [-0.1, -0.05) is 33.5 Å². The predicted octanol–water partition coefficient (Wildman–Crippen LogP) is 4.78. The summed E-state index contributed by atoms with van der Waals surface area (Å²) in [6, 6.07) is 0. The van der Waals surface area contributed by atoms with E-state index in [9.17, 15) is 4.79 Å². The predicted molar refractivity (Wildman–Crippen MR) is 212 cm³/mol. The summed E-state index contributed by atoms with van der Waals surface area (Å²) < 4.78 is 41.3. The summed E-state index contributed by atoms with van der Waals surface area (Å²) in [5, 5.41) is 23.5. The van der Waals surface area contributed by atoms with Crippen LogP contribution in [0.5, 0.6) is 0 Å². The second kappa shape index (κ2) is 36.4. The molecule has 0 aromatic carbocycles. The second-order valence-corrected chi connectivity index (χ2v) is 13.6. The number of ether oxygens (including phenoxy) is 7. The molecule has 2 heterocycles. The number of carbonyl (C=O) groups is 1. The van der Waals surface area contributed by atoms with Gasteiger partial charge < -0.3 is 38.9 Å². The highest BCUT2D eigenvalue weighted by Gasteiger charge is 2.15. The summed E-state index contributed by atoms with van der Waals surface area (Å²) >= 11 is 0. The minimum Gasteiger partial charge on any atom is -0.460 e. The number of rotatable bonds is 36. The molecule has 0 saturated carbocycles. The van der Waals surface area contributed by atoms with Crippen LogP contribution < -0.4 is 5.73 Å². The van der Waals surface area contributed by atoms with Crippen LogP contribution in [-0.4, -0.2) is 140 Å². The zero-order valence-corrected chi connectivity index (χ0v) is 34.5. The quantitative estimate of drug-likeness (QED) is 0.0320. The molecule has 2 N–H and O–H groups in total. The van der Waals surface area contributed by atoms with Crippen molar-refractivity contribution in [1.82, 2.24) is 30.0 Å². The number of esters is 1. The highest BCUT2D eigenvalue weighted by molar-refractivity contribution is 5.69. The lowest BCUT2D eigenvalue weighted by Gasteiger charge is -2.19. The van der Waals surface area contributed by atoms with E-state index in [1.807, 2.05) is 33.2 Å². The van der Waals surface area contributed by atoms with Crippen LogP contribution in [0.3, 0.4) is 0 Å². The third-order valence-corrected chi connectivity index (χ3v) is 7.45. The molecule has 0 radical (unpaired) electrons. The first-order valence-corrected chi connectivity index (χ1v) is 20.0. The maximum Gasteiger partial charge on any atom is 0.306 e. The van der Waals surface area contributed by atoms with Gasteiger partial charge in [0.2, 0.25) is 0 Å². The van der Waals surface area contributed by atoms with Gasteiger partial charge in [-0.25, -0.2) is 9.36 Å². The van der Waals surface area contributed by atoms with Crippen LogP contribution >= 0.6 is 0 Å². The zero-order chi connectivity index (χ0) is 41.5. The van der Waals surface area contributed by atoms with Crippen molar-refractivity contribution in [1.29, 1.82) is 0 Å². The first-order chi connectivity index (χ1) is 27.8. The normalized spacial score (nSPS) is 11.1. The maximum absolute atomic E-state index is 11.6. The van der Waals surface area contributed by atoms with Crippen LogP contribution in [-0.2, 0) is 63.9 Å². The van der Waals surface area contributed by atoms with Gasteiger partial charge in [0, 0.05) is 54.9 Å². The Balaban J connectivity index is 0.000000587. The molecule has 324 valence electrons. The summed E-state index contributed by atoms with van der Waals surface area (Å²) in [7, 11) is 0. The lowest BCUT2D eigenvalue weighted by molar-refractivity contribution is -0.155. The minimum absolute atomic E-state index is 0.199. The van der Waals surface area contributed by atoms with Crippen molar-refractivity contribution in [2.24, 2.45) is 16.0 Å². The Morgan fingerprint density at radius 1 is 0.632 bits per heavy atom. The lowest BCUT2D eigenvalue weighted by Crippen LogP contribution is -2.23. The molecule has 2 rings (SSSR count). The van der Waals surface area contributed by atoms with Crippen molar-refractivity contribution in [2.45, 2.75) is 104 Å². The van der Waals surface area contributed by atoms with Crippen LogP contribution in [0.4, 0.5) is 0 Å². The Kier molecular flexibility index (Phi) is 32.7. The van der Waals surface area contributed by atoms with Gasteiger partial charge in [-0.15, -0.1) is 10.2 Å². The number of nitrogens with two attached hydrogens (primary N) is 1. The van der Waals surface area contributed by atoms with Gasteiger partial charge in [-0.2, -0.15) is 0 Å². The molecule has 0 aliphatic carbocycles. The third kappa shape index (κ3) is 33.9. The van der Waals surface area contributed by atoms with Gasteiger partial charge >= 0.3 is 5.97 Å².